The summed E-state index contributed by atoms with van der Waals surface area (Å²) < 4.78 is 3.16. The van der Waals surface area contributed by atoms with Crippen LogP contribution in [0.25, 0.3) is 11.2 Å². The van der Waals surface area contributed by atoms with Gasteiger partial charge in [-0.05, 0) is 30.7 Å². The number of nitrogens with zero attached hydrogens (tertiary/aromatic N) is 3. The van der Waals surface area contributed by atoms with Crippen LogP contribution < -0.4 is 11.2 Å². The van der Waals surface area contributed by atoms with Gasteiger partial charge < -0.3 is 4.57 Å². The number of H-pyrrole nitrogens is 1. The van der Waals surface area contributed by atoms with Gasteiger partial charge in [-0.3, -0.25) is 19.1 Å². The van der Waals surface area contributed by atoms with E-state index in [9.17, 15) is 14.4 Å². The lowest BCUT2D eigenvalue weighted by atomic mass is 10.1. The molecule has 0 fully saturated rings. The van der Waals surface area contributed by atoms with Crippen LogP contribution in [0.4, 0.5) is 0 Å². The number of aromatic nitrogens is 4. The minimum absolute atomic E-state index is 0.0546. The molecule has 3 aromatic rings. The third kappa shape index (κ3) is 5.05. The standard InChI is InChI=1S/C21H25ClN4O3S/c1-3-4-5-6-7-12-26-17-18(25(2)20(29)24-19(17)28)23-21(26)30-13-16(27)14-8-10-15(22)11-9-14/h8-11H,3-7,12-13H2,1-2H3,(H,24,28,29). The second-order valence-electron chi connectivity index (χ2n) is 7.17. The first-order valence-electron chi connectivity index (χ1n) is 10.0. The quantitative estimate of drug-likeness (QED) is 0.287. The number of rotatable bonds is 10. The van der Waals surface area contributed by atoms with Crippen molar-refractivity contribution in [2.75, 3.05) is 5.75 Å². The Morgan fingerprint density at radius 3 is 2.53 bits per heavy atom. The summed E-state index contributed by atoms with van der Waals surface area (Å²) in [5, 5.41) is 1.14. The Bertz CT molecular complexity index is 1150. The number of aromatic amines is 1. The molecule has 0 spiro atoms. The molecule has 0 atom stereocenters. The monoisotopic (exact) mass is 448 g/mol. The fourth-order valence-corrected chi connectivity index (χ4v) is 4.30. The molecule has 1 aromatic carbocycles. The number of hydrogen-bond acceptors (Lipinski definition) is 5. The average molecular weight is 449 g/mol. The zero-order valence-electron chi connectivity index (χ0n) is 17.1. The van der Waals surface area contributed by atoms with Crippen LogP contribution in [0.1, 0.15) is 49.4 Å². The first kappa shape index (κ1) is 22.4. The zero-order chi connectivity index (χ0) is 21.7. The number of Topliss-reactive ketones (excluding diaryl/α,β-unsaturated/α-hetero) is 1. The number of nitrogens with one attached hydrogen (secondary N) is 1. The van der Waals surface area contributed by atoms with Crippen molar-refractivity contribution >= 4 is 40.3 Å². The zero-order valence-corrected chi connectivity index (χ0v) is 18.7. The fourth-order valence-electron chi connectivity index (χ4n) is 3.25. The second-order valence-corrected chi connectivity index (χ2v) is 8.55. The maximum Gasteiger partial charge on any atom is 0.329 e. The van der Waals surface area contributed by atoms with Gasteiger partial charge in [-0.1, -0.05) is 56.0 Å². The van der Waals surface area contributed by atoms with Crippen molar-refractivity contribution in [2.24, 2.45) is 7.05 Å². The fraction of sp³-hybridized carbons (Fsp3) is 0.429. The highest BCUT2D eigenvalue weighted by Crippen LogP contribution is 2.24. The van der Waals surface area contributed by atoms with Gasteiger partial charge >= 0.3 is 5.69 Å². The molecule has 0 unspecified atom stereocenters. The number of carbonyl (C=O) groups is 1. The molecule has 0 bridgehead atoms. The highest BCUT2D eigenvalue weighted by molar-refractivity contribution is 7.99. The topological polar surface area (TPSA) is 89.8 Å². The SMILES string of the molecule is CCCCCCCn1c(SCC(=O)c2ccc(Cl)cc2)nc2c1c(=O)[nH]c(=O)n2C. The van der Waals surface area contributed by atoms with Gasteiger partial charge in [-0.25, -0.2) is 9.78 Å². The predicted octanol–water partition coefficient (Wildman–Crippen LogP) is 4.02. The lowest BCUT2D eigenvalue weighted by Gasteiger charge is -2.08. The summed E-state index contributed by atoms with van der Waals surface area (Å²) in [6.07, 6.45) is 5.41. The Morgan fingerprint density at radius 2 is 1.83 bits per heavy atom. The van der Waals surface area contributed by atoms with E-state index in [1.165, 1.54) is 22.7 Å². The van der Waals surface area contributed by atoms with E-state index in [-0.39, 0.29) is 11.5 Å². The second kappa shape index (κ2) is 10.1. The molecular formula is C21H25ClN4O3S. The Labute approximate surface area is 183 Å². The average Bonchev–Trinajstić information content (AvgIpc) is 3.10. The summed E-state index contributed by atoms with van der Waals surface area (Å²) in [6, 6.07) is 6.74. The highest BCUT2D eigenvalue weighted by atomic mass is 35.5. The van der Waals surface area contributed by atoms with Crippen LogP contribution in [0.2, 0.25) is 5.02 Å². The van der Waals surface area contributed by atoms with E-state index in [0.29, 0.717) is 33.5 Å². The molecule has 0 amide bonds. The summed E-state index contributed by atoms with van der Waals surface area (Å²) in [6.45, 7) is 2.77. The van der Waals surface area contributed by atoms with Gasteiger partial charge in [0.1, 0.15) is 0 Å². The van der Waals surface area contributed by atoms with Crippen LogP contribution >= 0.6 is 23.4 Å². The molecule has 0 aliphatic carbocycles. The van der Waals surface area contributed by atoms with Crippen LogP contribution in [0, 0.1) is 0 Å². The minimum Gasteiger partial charge on any atom is -0.313 e. The van der Waals surface area contributed by atoms with Crippen molar-refractivity contribution in [1.82, 2.24) is 19.1 Å². The first-order chi connectivity index (χ1) is 14.4. The Kier molecular flexibility index (Phi) is 7.55. The molecule has 2 heterocycles. The number of thioether (sulfide) groups is 1. The maximum atomic E-state index is 12.6. The lowest BCUT2D eigenvalue weighted by Crippen LogP contribution is -2.29. The summed E-state index contributed by atoms with van der Waals surface area (Å²) in [5.74, 6) is 0.119. The smallest absolute Gasteiger partial charge is 0.313 e. The normalized spacial score (nSPS) is 11.3. The van der Waals surface area contributed by atoms with Crippen LogP contribution in [0.5, 0.6) is 0 Å². The number of aryl methyl sites for hydroxylation is 2. The molecule has 0 aliphatic rings. The maximum absolute atomic E-state index is 12.6. The number of ketones is 1. The number of unbranched alkanes of at least 4 members (excludes halogenated alkanes) is 4. The van der Waals surface area contributed by atoms with Crippen molar-refractivity contribution in [3.8, 4) is 0 Å². The Morgan fingerprint density at radius 1 is 1.13 bits per heavy atom. The lowest BCUT2D eigenvalue weighted by molar-refractivity contribution is 0.102. The first-order valence-corrected chi connectivity index (χ1v) is 11.4. The number of fused-ring (bicyclic) bond motifs is 1. The third-order valence-corrected chi connectivity index (χ3v) is 6.18. The molecule has 160 valence electrons. The number of halogens is 1. The van der Waals surface area contributed by atoms with Gasteiger partial charge in [-0.2, -0.15) is 0 Å². The third-order valence-electron chi connectivity index (χ3n) is 4.96. The molecule has 0 aliphatic heterocycles. The summed E-state index contributed by atoms with van der Waals surface area (Å²) in [7, 11) is 1.58. The number of hydrogen-bond donors (Lipinski definition) is 1. The van der Waals surface area contributed by atoms with Crippen molar-refractivity contribution in [3.63, 3.8) is 0 Å². The summed E-state index contributed by atoms with van der Waals surface area (Å²) in [5.41, 5.74) is 0.311. The number of benzene rings is 1. The van der Waals surface area contributed by atoms with Crippen LogP contribution in [-0.2, 0) is 13.6 Å². The van der Waals surface area contributed by atoms with Crippen molar-refractivity contribution in [3.05, 3.63) is 55.7 Å². The molecule has 1 N–H and O–H groups in total. The van der Waals surface area contributed by atoms with Crippen LogP contribution in [0.3, 0.4) is 0 Å². The van der Waals surface area contributed by atoms with E-state index in [2.05, 4.69) is 16.9 Å². The number of carbonyl (C=O) groups excluding carboxylic acids is 1. The Hall–Kier alpha value is -2.32. The molecule has 30 heavy (non-hydrogen) atoms. The largest absolute Gasteiger partial charge is 0.329 e. The van der Waals surface area contributed by atoms with Crippen LogP contribution in [0.15, 0.2) is 39.0 Å². The summed E-state index contributed by atoms with van der Waals surface area (Å²) >= 11 is 7.16. The van der Waals surface area contributed by atoms with E-state index < -0.39 is 11.2 Å². The molecular weight excluding hydrogens is 424 g/mol. The number of imidazole rings is 1. The van der Waals surface area contributed by atoms with E-state index in [1.807, 2.05) is 4.57 Å². The van der Waals surface area contributed by atoms with Gasteiger partial charge in [0.2, 0.25) is 0 Å². The van der Waals surface area contributed by atoms with Gasteiger partial charge in [0.15, 0.2) is 22.1 Å². The van der Waals surface area contributed by atoms with Crippen LogP contribution in [-0.4, -0.2) is 30.6 Å². The highest BCUT2D eigenvalue weighted by Gasteiger charge is 2.18. The van der Waals surface area contributed by atoms with Gasteiger partial charge in [0, 0.05) is 24.2 Å². The van der Waals surface area contributed by atoms with Gasteiger partial charge in [0.25, 0.3) is 5.56 Å². The minimum atomic E-state index is -0.506. The molecule has 7 nitrogen and oxygen atoms in total. The Balaban J connectivity index is 1.87. The van der Waals surface area contributed by atoms with Crippen molar-refractivity contribution in [2.45, 2.75) is 50.7 Å². The molecule has 0 saturated heterocycles. The van der Waals surface area contributed by atoms with Gasteiger partial charge in [-0.15, -0.1) is 0 Å². The summed E-state index contributed by atoms with van der Waals surface area (Å²) in [4.78, 5) is 43.9. The predicted molar refractivity (Wildman–Crippen MR) is 121 cm³/mol. The van der Waals surface area contributed by atoms with Crippen molar-refractivity contribution in [1.29, 1.82) is 0 Å². The van der Waals surface area contributed by atoms with E-state index in [4.69, 9.17) is 11.6 Å². The van der Waals surface area contributed by atoms with Gasteiger partial charge in [0.05, 0.1) is 5.75 Å². The molecule has 3 rings (SSSR count). The van der Waals surface area contributed by atoms with E-state index in [0.717, 1.165) is 25.7 Å². The van der Waals surface area contributed by atoms with Crippen molar-refractivity contribution < 1.29 is 4.79 Å². The molecule has 9 heteroatoms. The van der Waals surface area contributed by atoms with E-state index in [1.54, 1.807) is 31.3 Å². The molecule has 0 saturated carbocycles. The molecule has 2 aromatic heterocycles. The molecule has 0 radical (unpaired) electrons. The van der Waals surface area contributed by atoms with E-state index >= 15 is 0 Å².